The van der Waals surface area contributed by atoms with Gasteiger partial charge in [-0.15, -0.1) is 0 Å². The van der Waals surface area contributed by atoms with Gasteiger partial charge in [-0.2, -0.15) is 0 Å². The van der Waals surface area contributed by atoms with Crippen molar-refractivity contribution in [3.63, 3.8) is 0 Å². The van der Waals surface area contributed by atoms with E-state index < -0.39 is 12.2 Å². The molecule has 1 amide bonds. The molecular formula is C26H22N2O3P+. The van der Waals surface area contributed by atoms with Crippen molar-refractivity contribution in [3.05, 3.63) is 125 Å². The summed E-state index contributed by atoms with van der Waals surface area (Å²) in [7, 11) is -2.29. The van der Waals surface area contributed by atoms with Crippen LogP contribution >= 0.6 is 7.26 Å². The minimum atomic E-state index is -2.29. The summed E-state index contributed by atoms with van der Waals surface area (Å²) >= 11 is 0. The first-order chi connectivity index (χ1) is 15.6. The third-order valence-corrected chi connectivity index (χ3v) is 9.63. The highest BCUT2D eigenvalue weighted by atomic mass is 31.2. The number of rotatable bonds is 7. The van der Waals surface area contributed by atoms with Crippen LogP contribution in [-0.4, -0.2) is 17.0 Å². The predicted octanol–water partition coefficient (Wildman–Crippen LogP) is 4.53. The number of nitro benzene ring substituents is 1. The lowest BCUT2D eigenvalue weighted by molar-refractivity contribution is -0.384. The topological polar surface area (TPSA) is 72.2 Å². The highest BCUT2D eigenvalue weighted by Crippen LogP contribution is 2.55. The van der Waals surface area contributed by atoms with E-state index in [1.54, 1.807) is 12.1 Å². The van der Waals surface area contributed by atoms with E-state index in [-0.39, 0.29) is 17.8 Å². The highest BCUT2D eigenvalue weighted by molar-refractivity contribution is 7.96. The van der Waals surface area contributed by atoms with Crippen LogP contribution in [0.15, 0.2) is 115 Å². The van der Waals surface area contributed by atoms with Crippen LogP contribution in [0.1, 0.15) is 0 Å². The summed E-state index contributed by atoms with van der Waals surface area (Å²) in [6.07, 6.45) is 0.280. The Morgan fingerprint density at radius 2 is 1.09 bits per heavy atom. The molecule has 4 rings (SSSR count). The van der Waals surface area contributed by atoms with Crippen LogP contribution < -0.4 is 21.2 Å². The van der Waals surface area contributed by atoms with Gasteiger partial charge in [0.15, 0.2) is 6.16 Å². The summed E-state index contributed by atoms with van der Waals surface area (Å²) in [5.41, 5.74) is 0.524. The number of non-ortho nitro benzene ring substituents is 1. The van der Waals surface area contributed by atoms with Crippen molar-refractivity contribution in [2.45, 2.75) is 0 Å². The Balaban J connectivity index is 1.77. The van der Waals surface area contributed by atoms with E-state index in [0.29, 0.717) is 5.69 Å². The Labute approximate surface area is 187 Å². The van der Waals surface area contributed by atoms with Gasteiger partial charge in [0.05, 0.1) is 4.92 Å². The van der Waals surface area contributed by atoms with Gasteiger partial charge in [0.25, 0.3) is 11.6 Å². The molecule has 158 valence electrons. The zero-order valence-corrected chi connectivity index (χ0v) is 18.2. The summed E-state index contributed by atoms with van der Waals surface area (Å²) in [6, 6.07) is 36.4. The van der Waals surface area contributed by atoms with Gasteiger partial charge in [0, 0.05) is 17.8 Å². The molecule has 32 heavy (non-hydrogen) atoms. The molecule has 6 heteroatoms. The maximum absolute atomic E-state index is 13.3. The molecule has 0 aliphatic heterocycles. The Kier molecular flexibility index (Phi) is 6.39. The van der Waals surface area contributed by atoms with Crippen LogP contribution in [-0.2, 0) is 4.79 Å². The third-order valence-electron chi connectivity index (χ3n) is 5.33. The molecule has 0 spiro atoms. The first kappa shape index (κ1) is 21.4. The normalized spacial score (nSPS) is 11.0. The first-order valence-electron chi connectivity index (χ1n) is 10.2. The summed E-state index contributed by atoms with van der Waals surface area (Å²) in [5.74, 6) is -0.135. The number of nitrogens with one attached hydrogen (secondary N) is 1. The second-order valence-electron chi connectivity index (χ2n) is 7.33. The van der Waals surface area contributed by atoms with Crippen molar-refractivity contribution in [2.24, 2.45) is 0 Å². The smallest absolute Gasteiger partial charge is 0.269 e. The fraction of sp³-hybridized carbons (Fsp3) is 0.0385. The van der Waals surface area contributed by atoms with Gasteiger partial charge in [-0.25, -0.2) is 0 Å². The largest absolute Gasteiger partial charge is 0.323 e. The Bertz CT molecular complexity index is 1100. The average molecular weight is 441 g/mol. The molecule has 0 fully saturated rings. The number of benzene rings is 4. The number of hydrogen-bond acceptors (Lipinski definition) is 3. The van der Waals surface area contributed by atoms with Crippen LogP contribution in [0.2, 0.25) is 0 Å². The minimum Gasteiger partial charge on any atom is -0.323 e. The van der Waals surface area contributed by atoms with Crippen molar-refractivity contribution >= 4 is 40.5 Å². The number of nitro groups is 1. The van der Waals surface area contributed by atoms with Crippen LogP contribution in [0.4, 0.5) is 11.4 Å². The predicted molar refractivity (Wildman–Crippen MR) is 132 cm³/mol. The molecule has 0 bridgehead atoms. The molecule has 5 nitrogen and oxygen atoms in total. The number of carbonyl (C=O) groups is 1. The number of anilines is 1. The fourth-order valence-corrected chi connectivity index (χ4v) is 7.85. The van der Waals surface area contributed by atoms with Crippen molar-refractivity contribution in [3.8, 4) is 0 Å². The number of amides is 1. The molecule has 0 saturated heterocycles. The minimum absolute atomic E-state index is 0.0114. The lowest BCUT2D eigenvalue weighted by Crippen LogP contribution is -2.37. The fourth-order valence-electron chi connectivity index (χ4n) is 3.85. The van der Waals surface area contributed by atoms with Gasteiger partial charge in [0.1, 0.15) is 23.2 Å². The SMILES string of the molecule is O=C(C[P+](c1ccccc1)(c1ccccc1)c1ccccc1)Nc1ccc([N+](=O)[O-])cc1. The number of hydrogen-bond donors (Lipinski definition) is 1. The molecule has 0 saturated carbocycles. The zero-order valence-electron chi connectivity index (χ0n) is 17.3. The van der Waals surface area contributed by atoms with E-state index in [1.807, 2.05) is 54.6 Å². The molecule has 0 atom stereocenters. The van der Waals surface area contributed by atoms with Gasteiger partial charge < -0.3 is 5.32 Å². The molecule has 4 aromatic carbocycles. The van der Waals surface area contributed by atoms with Crippen molar-refractivity contribution in [1.29, 1.82) is 0 Å². The van der Waals surface area contributed by atoms with E-state index in [2.05, 4.69) is 41.7 Å². The molecule has 0 aliphatic rings. The third kappa shape index (κ3) is 4.43. The highest BCUT2D eigenvalue weighted by Gasteiger charge is 2.47. The summed E-state index contributed by atoms with van der Waals surface area (Å²) in [4.78, 5) is 23.8. The van der Waals surface area contributed by atoms with E-state index >= 15 is 0 Å². The molecule has 1 N–H and O–H groups in total. The standard InChI is InChI=1S/C26H21N2O3P/c29-26(27-21-16-18-22(19-17-21)28(30)31)20-32(23-10-4-1-5-11-23,24-12-6-2-7-13-24)25-14-8-3-9-15-25/h1-19H,20H2/p+1. The average Bonchev–Trinajstić information content (AvgIpc) is 2.84. The lowest BCUT2D eigenvalue weighted by atomic mass is 10.3. The summed E-state index contributed by atoms with van der Waals surface area (Å²) < 4.78 is 0. The maximum atomic E-state index is 13.3. The first-order valence-corrected chi connectivity index (χ1v) is 12.2. The lowest BCUT2D eigenvalue weighted by Gasteiger charge is -2.27. The quantitative estimate of drug-likeness (QED) is 0.260. The Morgan fingerprint density at radius 1 is 0.688 bits per heavy atom. The van der Waals surface area contributed by atoms with E-state index in [9.17, 15) is 14.9 Å². The Morgan fingerprint density at radius 3 is 1.47 bits per heavy atom. The van der Waals surface area contributed by atoms with Gasteiger partial charge in [0.2, 0.25) is 0 Å². The van der Waals surface area contributed by atoms with E-state index in [1.165, 1.54) is 12.1 Å². The molecular weight excluding hydrogens is 419 g/mol. The molecule has 4 aromatic rings. The van der Waals surface area contributed by atoms with Gasteiger partial charge >= 0.3 is 0 Å². The number of nitrogens with zero attached hydrogens (tertiary/aromatic N) is 1. The Hall–Kier alpha value is -3.82. The van der Waals surface area contributed by atoms with Crippen LogP contribution in [0, 0.1) is 10.1 Å². The molecule has 0 unspecified atom stereocenters. The second kappa shape index (κ2) is 9.54. The maximum Gasteiger partial charge on any atom is 0.269 e. The van der Waals surface area contributed by atoms with Crippen molar-refractivity contribution in [1.82, 2.24) is 0 Å². The zero-order chi connectivity index (χ0) is 22.4. The van der Waals surface area contributed by atoms with Gasteiger partial charge in [-0.1, -0.05) is 54.6 Å². The number of carbonyl (C=O) groups excluding carboxylic acids is 1. The summed E-state index contributed by atoms with van der Waals surface area (Å²) in [6.45, 7) is 0. The van der Waals surface area contributed by atoms with E-state index in [4.69, 9.17) is 0 Å². The van der Waals surface area contributed by atoms with Crippen LogP contribution in [0.5, 0.6) is 0 Å². The van der Waals surface area contributed by atoms with E-state index in [0.717, 1.165) is 15.9 Å². The van der Waals surface area contributed by atoms with Crippen LogP contribution in [0.25, 0.3) is 0 Å². The summed E-state index contributed by atoms with van der Waals surface area (Å²) in [5, 5.41) is 17.2. The monoisotopic (exact) mass is 441 g/mol. The van der Waals surface area contributed by atoms with Crippen molar-refractivity contribution < 1.29 is 9.72 Å². The molecule has 0 heterocycles. The van der Waals surface area contributed by atoms with Gasteiger partial charge in [-0.3, -0.25) is 14.9 Å². The second-order valence-corrected chi connectivity index (χ2v) is 10.8. The van der Waals surface area contributed by atoms with Crippen LogP contribution in [0.3, 0.4) is 0 Å². The van der Waals surface area contributed by atoms with Gasteiger partial charge in [-0.05, 0) is 48.5 Å². The molecule has 0 aliphatic carbocycles. The molecule has 0 aromatic heterocycles. The van der Waals surface area contributed by atoms with Crippen molar-refractivity contribution in [2.75, 3.05) is 11.5 Å². The molecule has 0 radical (unpaired) electrons.